The van der Waals surface area contributed by atoms with Crippen molar-refractivity contribution < 1.29 is 14.3 Å². The number of amides is 1. The van der Waals surface area contributed by atoms with Gasteiger partial charge < -0.3 is 14.8 Å². The molecular formula is C12H16N4O3. The molecule has 0 aliphatic heterocycles. The second-order valence-electron chi connectivity index (χ2n) is 4.09. The molecule has 2 rings (SSSR count). The van der Waals surface area contributed by atoms with Crippen LogP contribution in [0, 0.1) is 0 Å². The molecule has 7 nitrogen and oxygen atoms in total. The number of rotatable bonds is 7. The first-order chi connectivity index (χ1) is 9.28. The monoisotopic (exact) mass is 264 g/mol. The second kappa shape index (κ2) is 6.69. The van der Waals surface area contributed by atoms with Crippen molar-refractivity contribution in [3.63, 3.8) is 0 Å². The first-order valence-electron chi connectivity index (χ1n) is 6.07. The van der Waals surface area contributed by atoms with Gasteiger partial charge in [-0.3, -0.25) is 4.79 Å². The van der Waals surface area contributed by atoms with Crippen LogP contribution in [0.3, 0.4) is 0 Å². The largest absolute Gasteiger partial charge is 0.467 e. The highest BCUT2D eigenvalue weighted by atomic mass is 16.3. The molecule has 0 aromatic carbocycles. The molecule has 2 aromatic rings. The van der Waals surface area contributed by atoms with Crippen molar-refractivity contribution in [1.82, 2.24) is 20.3 Å². The zero-order chi connectivity index (χ0) is 13.5. The summed E-state index contributed by atoms with van der Waals surface area (Å²) in [6, 6.07) is 3.56. The van der Waals surface area contributed by atoms with Crippen LogP contribution in [0.25, 0.3) is 0 Å². The number of carbonyl (C=O) groups is 1. The minimum absolute atomic E-state index is 0.118. The molecule has 19 heavy (non-hydrogen) atoms. The smallest absolute Gasteiger partial charge is 0.242 e. The third-order valence-electron chi connectivity index (χ3n) is 2.52. The van der Waals surface area contributed by atoms with E-state index in [2.05, 4.69) is 15.6 Å². The van der Waals surface area contributed by atoms with E-state index in [1.165, 1.54) is 4.68 Å². The summed E-state index contributed by atoms with van der Waals surface area (Å²) < 4.78 is 6.59. The number of aliphatic hydroxyl groups excluding tert-OH is 1. The number of hydrogen-bond donors (Lipinski definition) is 2. The summed E-state index contributed by atoms with van der Waals surface area (Å²) in [6.07, 6.45) is 4.57. The van der Waals surface area contributed by atoms with Gasteiger partial charge in [-0.2, -0.15) is 0 Å². The molecule has 0 spiro atoms. The van der Waals surface area contributed by atoms with E-state index in [0.29, 0.717) is 25.1 Å². The van der Waals surface area contributed by atoms with Crippen LogP contribution >= 0.6 is 0 Å². The minimum Gasteiger partial charge on any atom is -0.467 e. The van der Waals surface area contributed by atoms with E-state index in [1.54, 1.807) is 24.6 Å². The lowest BCUT2D eigenvalue weighted by atomic mass is 10.3. The number of hydrogen-bond acceptors (Lipinski definition) is 5. The highest BCUT2D eigenvalue weighted by molar-refractivity contribution is 5.75. The van der Waals surface area contributed by atoms with Crippen LogP contribution in [0.2, 0.25) is 0 Å². The molecule has 2 aromatic heterocycles. The molecule has 0 unspecified atom stereocenters. The van der Waals surface area contributed by atoms with Gasteiger partial charge in [0.2, 0.25) is 5.91 Å². The van der Waals surface area contributed by atoms with Gasteiger partial charge in [0, 0.05) is 12.8 Å². The lowest BCUT2D eigenvalue weighted by molar-refractivity contribution is -0.122. The van der Waals surface area contributed by atoms with Crippen LogP contribution in [0.1, 0.15) is 17.9 Å². The van der Waals surface area contributed by atoms with Gasteiger partial charge in [0.1, 0.15) is 12.3 Å². The molecule has 7 heteroatoms. The zero-order valence-corrected chi connectivity index (χ0v) is 10.5. The van der Waals surface area contributed by atoms with Crippen LogP contribution < -0.4 is 5.32 Å². The fourth-order valence-electron chi connectivity index (χ4n) is 1.59. The van der Waals surface area contributed by atoms with Crippen molar-refractivity contribution in [1.29, 1.82) is 0 Å². The minimum atomic E-state index is -0.157. The fourth-order valence-corrected chi connectivity index (χ4v) is 1.59. The Bertz CT molecular complexity index is 507. The van der Waals surface area contributed by atoms with E-state index in [9.17, 15) is 4.79 Å². The number of nitrogens with zero attached hydrogens (tertiary/aromatic N) is 3. The highest BCUT2D eigenvalue weighted by Gasteiger charge is 2.06. The van der Waals surface area contributed by atoms with Gasteiger partial charge in [-0.25, -0.2) is 4.68 Å². The Kier molecular flexibility index (Phi) is 4.68. The zero-order valence-electron chi connectivity index (χ0n) is 10.5. The van der Waals surface area contributed by atoms with Crippen LogP contribution in [0.4, 0.5) is 0 Å². The van der Waals surface area contributed by atoms with E-state index >= 15 is 0 Å². The van der Waals surface area contributed by atoms with Gasteiger partial charge in [0.25, 0.3) is 0 Å². The summed E-state index contributed by atoms with van der Waals surface area (Å²) in [5.74, 6) is 0.547. The van der Waals surface area contributed by atoms with Crippen LogP contribution in [-0.4, -0.2) is 32.6 Å². The Morgan fingerprint density at radius 2 is 2.42 bits per heavy atom. The second-order valence-corrected chi connectivity index (χ2v) is 4.09. The molecule has 0 radical (unpaired) electrons. The van der Waals surface area contributed by atoms with Gasteiger partial charge in [-0.1, -0.05) is 5.21 Å². The average molecular weight is 264 g/mol. The summed E-state index contributed by atoms with van der Waals surface area (Å²) in [5, 5.41) is 19.2. The first-order valence-corrected chi connectivity index (χ1v) is 6.07. The molecule has 0 fully saturated rings. The molecule has 0 bridgehead atoms. The third kappa shape index (κ3) is 4.22. The molecule has 2 N–H and O–H groups in total. The van der Waals surface area contributed by atoms with Crippen LogP contribution in [-0.2, 0) is 24.3 Å². The van der Waals surface area contributed by atoms with Gasteiger partial charge in [0.15, 0.2) is 0 Å². The third-order valence-corrected chi connectivity index (χ3v) is 2.52. The Balaban J connectivity index is 1.76. The lowest BCUT2D eigenvalue weighted by Gasteiger charge is -2.02. The predicted octanol–water partition coefficient (Wildman–Crippen LogP) is 0.112. The Morgan fingerprint density at radius 3 is 3.16 bits per heavy atom. The summed E-state index contributed by atoms with van der Waals surface area (Å²) in [7, 11) is 0. The summed E-state index contributed by atoms with van der Waals surface area (Å²) >= 11 is 0. The predicted molar refractivity (Wildman–Crippen MR) is 66.0 cm³/mol. The van der Waals surface area contributed by atoms with Crippen molar-refractivity contribution >= 4 is 5.91 Å². The molecule has 0 aliphatic carbocycles. The van der Waals surface area contributed by atoms with E-state index < -0.39 is 0 Å². The van der Waals surface area contributed by atoms with Gasteiger partial charge in [0.05, 0.1) is 18.5 Å². The standard InChI is InChI=1S/C12H16N4O3/c17-5-1-3-10-8-16(15-14-10)9-12(18)13-7-11-4-2-6-19-11/h2,4,6,8,17H,1,3,5,7,9H2,(H,13,18). The first kappa shape index (κ1) is 13.3. The van der Waals surface area contributed by atoms with Crippen molar-refractivity contribution in [2.45, 2.75) is 25.9 Å². The fraction of sp³-hybridized carbons (Fsp3) is 0.417. The lowest BCUT2D eigenvalue weighted by Crippen LogP contribution is -2.27. The van der Waals surface area contributed by atoms with Crippen molar-refractivity contribution in [2.75, 3.05) is 6.61 Å². The quantitative estimate of drug-likeness (QED) is 0.740. The molecule has 102 valence electrons. The number of furan rings is 1. The molecule has 1 amide bonds. The Hall–Kier alpha value is -2.15. The highest BCUT2D eigenvalue weighted by Crippen LogP contribution is 1.99. The van der Waals surface area contributed by atoms with Gasteiger partial charge >= 0.3 is 0 Å². The number of aromatic nitrogens is 3. The number of carbonyl (C=O) groups excluding carboxylic acids is 1. The van der Waals surface area contributed by atoms with Crippen molar-refractivity contribution in [3.8, 4) is 0 Å². The maximum absolute atomic E-state index is 11.6. The maximum Gasteiger partial charge on any atom is 0.242 e. The van der Waals surface area contributed by atoms with Gasteiger partial charge in [-0.05, 0) is 25.0 Å². The van der Waals surface area contributed by atoms with E-state index in [1.807, 2.05) is 0 Å². The summed E-state index contributed by atoms with van der Waals surface area (Å²) in [4.78, 5) is 11.6. The maximum atomic E-state index is 11.6. The summed E-state index contributed by atoms with van der Waals surface area (Å²) in [6.45, 7) is 0.598. The molecule has 0 saturated heterocycles. The normalized spacial score (nSPS) is 10.6. The molecule has 2 heterocycles. The molecule has 0 saturated carbocycles. The van der Waals surface area contributed by atoms with Crippen molar-refractivity contribution in [3.05, 3.63) is 36.0 Å². The molecular weight excluding hydrogens is 248 g/mol. The molecule has 0 atom stereocenters. The molecule has 0 aliphatic rings. The van der Waals surface area contributed by atoms with Crippen LogP contribution in [0.5, 0.6) is 0 Å². The van der Waals surface area contributed by atoms with E-state index in [4.69, 9.17) is 9.52 Å². The van der Waals surface area contributed by atoms with Crippen LogP contribution in [0.15, 0.2) is 29.0 Å². The van der Waals surface area contributed by atoms with E-state index in [0.717, 1.165) is 5.69 Å². The van der Waals surface area contributed by atoms with E-state index in [-0.39, 0.29) is 19.1 Å². The van der Waals surface area contributed by atoms with Crippen molar-refractivity contribution in [2.24, 2.45) is 0 Å². The summed E-state index contributed by atoms with van der Waals surface area (Å²) in [5.41, 5.74) is 0.771. The van der Waals surface area contributed by atoms with Gasteiger partial charge in [-0.15, -0.1) is 5.10 Å². The number of aryl methyl sites for hydroxylation is 1. The number of nitrogens with one attached hydrogen (secondary N) is 1. The Morgan fingerprint density at radius 1 is 1.53 bits per heavy atom. The number of aliphatic hydroxyl groups is 1. The topological polar surface area (TPSA) is 93.2 Å². The SMILES string of the molecule is O=C(Cn1cc(CCCO)nn1)NCc1ccco1. The average Bonchev–Trinajstić information content (AvgIpc) is 3.05. The Labute approximate surface area is 110 Å².